The molecule has 1 aliphatic rings. The molecule has 9 aromatic rings. The Bertz CT molecular complexity index is 3320. The Kier molecular flexibility index (Phi) is 15.0. The van der Waals surface area contributed by atoms with Gasteiger partial charge in [0, 0.05) is 0 Å². The number of carbonyl (C=O) groups excluding carboxylic acids is 1. The van der Waals surface area contributed by atoms with E-state index in [0.717, 1.165) is 16.7 Å². The summed E-state index contributed by atoms with van der Waals surface area (Å²) in [4.78, 5) is 36.2. The first-order chi connectivity index (χ1) is 37.2. The zero-order valence-corrected chi connectivity index (χ0v) is 42.2. The van der Waals surface area contributed by atoms with Gasteiger partial charge in [-0.3, -0.25) is 13.9 Å². The van der Waals surface area contributed by atoms with Gasteiger partial charge in [0.05, 0.1) is 53.5 Å². The number of imidazole rings is 1. The van der Waals surface area contributed by atoms with Gasteiger partial charge in [0.15, 0.2) is 23.6 Å². The topological polar surface area (TPSA) is 144 Å². The van der Waals surface area contributed by atoms with E-state index in [1.807, 2.05) is 158 Å². The van der Waals surface area contributed by atoms with Crippen molar-refractivity contribution in [1.82, 2.24) is 19.1 Å². The molecule has 0 aliphatic carbocycles. The van der Waals surface area contributed by atoms with Crippen LogP contribution in [0.25, 0.3) is 11.2 Å². The van der Waals surface area contributed by atoms with Crippen molar-refractivity contribution < 1.29 is 47.1 Å². The number of hydrogen-bond acceptors (Lipinski definition) is 12. The highest BCUT2D eigenvalue weighted by Crippen LogP contribution is 2.49. The molecular weight excluding hydrogens is 968 g/mol. The van der Waals surface area contributed by atoms with Gasteiger partial charge in [-0.1, -0.05) is 127 Å². The van der Waals surface area contributed by atoms with Crippen molar-refractivity contribution in [3.63, 3.8) is 0 Å². The SMILES string of the molecule is COc1ccc(C(OC[C@H]2O[C@@H](n3cnc4c(=O)n(CCOC(=O)c5ccccc5)cnc43)[C@H](OC(c3ccccc3)(c3ccc(OC)cc3)c3ccc(OC)cc3)[C@@H]2F)(c2ccccc2)c2ccc(OC)cc2)cc1. The van der Waals surface area contributed by atoms with Crippen LogP contribution in [0.15, 0.2) is 206 Å². The minimum Gasteiger partial charge on any atom is -0.497 e. The van der Waals surface area contributed by atoms with Gasteiger partial charge in [0.1, 0.15) is 59.3 Å². The molecule has 10 rings (SSSR count). The number of rotatable bonds is 20. The molecule has 3 heterocycles. The third kappa shape index (κ3) is 9.79. The van der Waals surface area contributed by atoms with Gasteiger partial charge >= 0.3 is 5.97 Å². The van der Waals surface area contributed by atoms with Crippen LogP contribution in [-0.2, 0) is 36.7 Å². The van der Waals surface area contributed by atoms with Crippen LogP contribution in [0, 0.1) is 0 Å². The number of benzene rings is 7. The Morgan fingerprint density at radius 3 is 1.47 bits per heavy atom. The highest BCUT2D eigenvalue weighted by atomic mass is 19.1. The second-order valence-electron chi connectivity index (χ2n) is 18.0. The highest BCUT2D eigenvalue weighted by molar-refractivity contribution is 5.89. The lowest BCUT2D eigenvalue weighted by Gasteiger charge is -2.39. The monoisotopic (exact) mass is 1020 g/mol. The molecule has 0 bridgehead atoms. The number of hydrogen-bond donors (Lipinski definition) is 0. The van der Waals surface area contributed by atoms with Crippen molar-refractivity contribution >= 4 is 17.1 Å². The zero-order chi connectivity index (χ0) is 52.7. The Labute approximate surface area is 438 Å². The lowest BCUT2D eigenvalue weighted by atomic mass is 9.79. The second kappa shape index (κ2) is 22.5. The largest absolute Gasteiger partial charge is 0.497 e. The quantitative estimate of drug-likeness (QED) is 0.0530. The van der Waals surface area contributed by atoms with Crippen LogP contribution in [0.2, 0.25) is 0 Å². The molecule has 0 amide bonds. The first-order valence-electron chi connectivity index (χ1n) is 24.7. The maximum Gasteiger partial charge on any atom is 0.338 e. The van der Waals surface area contributed by atoms with Gasteiger partial charge in [0.2, 0.25) is 0 Å². The summed E-state index contributed by atoms with van der Waals surface area (Å²) in [6.07, 6.45) is -3.18. The molecule has 386 valence electrons. The van der Waals surface area contributed by atoms with Crippen LogP contribution in [0.4, 0.5) is 4.39 Å². The predicted molar refractivity (Wildman–Crippen MR) is 283 cm³/mol. The van der Waals surface area contributed by atoms with Crippen LogP contribution in [0.3, 0.4) is 0 Å². The smallest absolute Gasteiger partial charge is 0.338 e. The minimum absolute atomic E-state index is 0.000286. The molecule has 0 unspecified atom stereocenters. The summed E-state index contributed by atoms with van der Waals surface area (Å²) in [7, 11) is 6.38. The van der Waals surface area contributed by atoms with Crippen molar-refractivity contribution in [1.29, 1.82) is 0 Å². The number of alkyl halides is 1. The Balaban J connectivity index is 1.09. The molecule has 1 saturated heterocycles. The zero-order valence-electron chi connectivity index (χ0n) is 42.2. The summed E-state index contributed by atoms with van der Waals surface area (Å²) in [6.45, 7) is -0.410. The fraction of sp³-hybridized carbons (Fsp3) is 0.213. The maximum atomic E-state index is 18.7. The maximum absolute atomic E-state index is 18.7. The van der Waals surface area contributed by atoms with Crippen molar-refractivity contribution in [2.75, 3.05) is 41.7 Å². The molecule has 0 N–H and O–H groups in total. The van der Waals surface area contributed by atoms with Gasteiger partial charge in [-0.15, -0.1) is 0 Å². The lowest BCUT2D eigenvalue weighted by molar-refractivity contribution is -0.119. The van der Waals surface area contributed by atoms with Gasteiger partial charge in [-0.25, -0.2) is 19.2 Å². The van der Waals surface area contributed by atoms with Crippen LogP contribution >= 0.6 is 0 Å². The van der Waals surface area contributed by atoms with Crippen molar-refractivity contribution in [2.24, 2.45) is 0 Å². The number of nitrogens with zero attached hydrogens (tertiary/aromatic N) is 4. The molecule has 4 atom stereocenters. The third-order valence-electron chi connectivity index (χ3n) is 13.8. The predicted octanol–water partition coefficient (Wildman–Crippen LogP) is 10.1. The first-order valence-corrected chi connectivity index (χ1v) is 24.7. The van der Waals surface area contributed by atoms with Gasteiger partial charge in [-0.2, -0.15) is 0 Å². The van der Waals surface area contributed by atoms with E-state index in [2.05, 4.69) is 4.98 Å². The first kappa shape index (κ1) is 50.9. The Hall–Kier alpha value is -8.63. The summed E-state index contributed by atoms with van der Waals surface area (Å²) < 4.78 is 71.2. The van der Waals surface area contributed by atoms with Crippen LogP contribution in [-0.4, -0.2) is 85.1 Å². The molecule has 0 spiro atoms. The van der Waals surface area contributed by atoms with Gasteiger partial charge < -0.3 is 37.9 Å². The summed E-state index contributed by atoms with van der Waals surface area (Å²) in [5, 5.41) is 0. The molecule has 7 aromatic carbocycles. The number of ether oxygens (including phenoxy) is 8. The molecule has 14 nitrogen and oxygen atoms in total. The van der Waals surface area contributed by atoms with E-state index >= 15 is 4.39 Å². The van der Waals surface area contributed by atoms with E-state index in [-0.39, 0.29) is 30.9 Å². The van der Waals surface area contributed by atoms with E-state index in [0.29, 0.717) is 45.3 Å². The van der Waals surface area contributed by atoms with E-state index < -0.39 is 47.3 Å². The minimum atomic E-state index is -1.90. The van der Waals surface area contributed by atoms with Crippen LogP contribution < -0.4 is 24.5 Å². The number of aromatic nitrogens is 4. The Morgan fingerprint density at radius 1 is 0.566 bits per heavy atom. The molecular formula is C61H55FN4O10. The molecule has 0 saturated carbocycles. The number of carbonyl (C=O) groups is 1. The van der Waals surface area contributed by atoms with Crippen LogP contribution in [0.1, 0.15) is 50.0 Å². The summed E-state index contributed by atoms with van der Waals surface area (Å²) in [5.74, 6) is 1.97. The number of esters is 1. The average molecular weight is 1020 g/mol. The van der Waals surface area contributed by atoms with Crippen LogP contribution in [0.5, 0.6) is 23.0 Å². The molecule has 1 fully saturated rings. The van der Waals surface area contributed by atoms with E-state index in [1.165, 1.54) is 21.8 Å². The Morgan fingerprint density at radius 2 is 1.00 bits per heavy atom. The summed E-state index contributed by atoms with van der Waals surface area (Å²) >= 11 is 0. The van der Waals surface area contributed by atoms with Gasteiger partial charge in [0.25, 0.3) is 5.56 Å². The average Bonchev–Trinajstić information content (AvgIpc) is 4.07. The van der Waals surface area contributed by atoms with E-state index in [1.54, 1.807) is 58.8 Å². The normalized spacial score (nSPS) is 16.5. The van der Waals surface area contributed by atoms with Crippen molar-refractivity contribution in [3.8, 4) is 23.0 Å². The lowest BCUT2D eigenvalue weighted by Crippen LogP contribution is -2.43. The fourth-order valence-corrected chi connectivity index (χ4v) is 9.88. The number of fused-ring (bicyclic) bond motifs is 1. The van der Waals surface area contributed by atoms with E-state index in [4.69, 9.17) is 42.9 Å². The number of methoxy groups -OCH3 is 4. The standard InChI is InChI=1S/C61H55FN4O10/c1-69-48-28-20-44(21-29-48)60(42-16-10-6-11-17-42,45-22-30-49(70-2)31-23-45)74-38-52-53(62)55(58(75-52)66-40-63-54-56(66)64-39-65(57(54)67)36-37-73-59(68)41-14-8-5-9-15-41)76-61(43-18-12-7-13-19-43,46-24-32-50(71-3)33-25-46)47-26-34-51(72-4)35-27-47/h5-35,39-40,52-53,55,58H,36-38H2,1-4H3/t52-,53-,55-,58-/m1/s1. The molecule has 2 aromatic heterocycles. The second-order valence-corrected chi connectivity index (χ2v) is 18.0. The molecule has 76 heavy (non-hydrogen) atoms. The molecule has 0 radical (unpaired) electrons. The van der Waals surface area contributed by atoms with Crippen molar-refractivity contribution in [2.45, 2.75) is 42.4 Å². The van der Waals surface area contributed by atoms with Crippen molar-refractivity contribution in [3.05, 3.63) is 250 Å². The molecule has 15 heteroatoms. The third-order valence-corrected chi connectivity index (χ3v) is 13.8. The van der Waals surface area contributed by atoms with Gasteiger partial charge in [-0.05, 0) is 94.0 Å². The summed E-state index contributed by atoms with van der Waals surface area (Å²) in [6, 6.07) is 57.8. The highest BCUT2D eigenvalue weighted by Gasteiger charge is 2.54. The number of halogens is 1. The fourth-order valence-electron chi connectivity index (χ4n) is 9.88. The van der Waals surface area contributed by atoms with E-state index in [9.17, 15) is 9.59 Å². The molecule has 1 aliphatic heterocycles. The summed E-state index contributed by atoms with van der Waals surface area (Å²) in [5.41, 5.74) is 1.36.